The zero-order valence-electron chi connectivity index (χ0n) is 12.8. The number of benzene rings is 1. The predicted molar refractivity (Wildman–Crippen MR) is 92.4 cm³/mol. The van der Waals surface area contributed by atoms with Crippen LogP contribution in [0.5, 0.6) is 0 Å². The number of aromatic nitrogens is 2. The van der Waals surface area contributed by atoms with Gasteiger partial charge in [-0.05, 0) is 19.2 Å². The Morgan fingerprint density at radius 1 is 1.13 bits per heavy atom. The molecule has 5 heteroatoms. The first-order valence-corrected chi connectivity index (χ1v) is 8.40. The standard InChI is InChI=1S/C18H17N3OS/c1-20(12-15-8-5-10-22-15)13-16-17(14-6-3-2-4-7-14)19-18-21(16)9-11-23-18/h2-11H,12-13H2,1H3. The van der Waals surface area contributed by atoms with Crippen LogP contribution in [-0.4, -0.2) is 21.3 Å². The molecular formula is C18H17N3OS. The van der Waals surface area contributed by atoms with Crippen molar-refractivity contribution in [2.24, 2.45) is 0 Å². The molecule has 0 atom stereocenters. The van der Waals surface area contributed by atoms with Gasteiger partial charge in [0.1, 0.15) is 5.76 Å². The van der Waals surface area contributed by atoms with E-state index in [-0.39, 0.29) is 0 Å². The van der Waals surface area contributed by atoms with Crippen LogP contribution < -0.4 is 0 Å². The van der Waals surface area contributed by atoms with Crippen LogP contribution in [0.4, 0.5) is 0 Å². The Kier molecular flexibility index (Phi) is 3.73. The third-order valence-corrected chi connectivity index (χ3v) is 4.59. The molecule has 4 rings (SSSR count). The fraction of sp³-hybridized carbons (Fsp3) is 0.167. The molecule has 4 nitrogen and oxygen atoms in total. The molecule has 0 fully saturated rings. The predicted octanol–water partition coefficient (Wildman–Crippen LogP) is 4.29. The van der Waals surface area contributed by atoms with Crippen molar-refractivity contribution in [1.82, 2.24) is 14.3 Å². The van der Waals surface area contributed by atoms with Crippen molar-refractivity contribution >= 4 is 16.3 Å². The molecule has 0 aliphatic heterocycles. The minimum absolute atomic E-state index is 0.776. The van der Waals surface area contributed by atoms with Crippen LogP contribution >= 0.6 is 11.3 Å². The number of hydrogen-bond acceptors (Lipinski definition) is 4. The molecule has 3 heterocycles. The Labute approximate surface area is 138 Å². The van der Waals surface area contributed by atoms with Crippen LogP contribution in [0.2, 0.25) is 0 Å². The molecule has 0 spiro atoms. The zero-order valence-corrected chi connectivity index (χ0v) is 13.7. The molecule has 0 amide bonds. The number of furan rings is 1. The lowest BCUT2D eigenvalue weighted by Crippen LogP contribution is -2.18. The average molecular weight is 323 g/mol. The fourth-order valence-corrected chi connectivity index (χ4v) is 3.52. The molecule has 3 aromatic heterocycles. The minimum Gasteiger partial charge on any atom is -0.468 e. The second-order valence-corrected chi connectivity index (χ2v) is 6.45. The summed E-state index contributed by atoms with van der Waals surface area (Å²) in [6.07, 6.45) is 3.81. The number of rotatable bonds is 5. The molecule has 0 aliphatic carbocycles. The van der Waals surface area contributed by atoms with Crippen LogP contribution in [0.3, 0.4) is 0 Å². The van der Waals surface area contributed by atoms with Crippen molar-refractivity contribution in [3.63, 3.8) is 0 Å². The van der Waals surface area contributed by atoms with E-state index in [2.05, 4.69) is 52.2 Å². The number of nitrogens with zero attached hydrogens (tertiary/aromatic N) is 3. The van der Waals surface area contributed by atoms with Gasteiger partial charge >= 0.3 is 0 Å². The van der Waals surface area contributed by atoms with Crippen LogP contribution in [0.25, 0.3) is 16.2 Å². The second-order valence-electron chi connectivity index (χ2n) is 5.58. The first-order valence-electron chi connectivity index (χ1n) is 7.52. The Hall–Kier alpha value is -2.37. The van der Waals surface area contributed by atoms with Crippen molar-refractivity contribution in [2.45, 2.75) is 13.1 Å². The number of imidazole rings is 1. The number of hydrogen-bond donors (Lipinski definition) is 0. The van der Waals surface area contributed by atoms with E-state index in [1.54, 1.807) is 17.6 Å². The third-order valence-electron chi connectivity index (χ3n) is 3.83. The topological polar surface area (TPSA) is 33.7 Å². The van der Waals surface area contributed by atoms with Gasteiger partial charge in [0.15, 0.2) is 4.96 Å². The van der Waals surface area contributed by atoms with E-state index in [0.717, 1.165) is 35.1 Å². The van der Waals surface area contributed by atoms with Crippen molar-refractivity contribution in [3.05, 3.63) is 71.8 Å². The maximum absolute atomic E-state index is 5.45. The molecule has 0 aliphatic rings. The summed E-state index contributed by atoms with van der Waals surface area (Å²) >= 11 is 1.66. The molecule has 23 heavy (non-hydrogen) atoms. The van der Waals surface area contributed by atoms with Gasteiger partial charge in [-0.2, -0.15) is 0 Å². The molecule has 116 valence electrons. The first kappa shape index (κ1) is 14.2. The van der Waals surface area contributed by atoms with Crippen molar-refractivity contribution in [2.75, 3.05) is 7.05 Å². The Balaban J connectivity index is 1.68. The lowest BCUT2D eigenvalue weighted by Gasteiger charge is -2.15. The van der Waals surface area contributed by atoms with Gasteiger partial charge in [0.2, 0.25) is 0 Å². The smallest absolute Gasteiger partial charge is 0.194 e. The average Bonchev–Trinajstić information content (AvgIpc) is 3.27. The highest BCUT2D eigenvalue weighted by molar-refractivity contribution is 7.15. The molecule has 0 saturated heterocycles. The Bertz CT molecular complexity index is 893. The van der Waals surface area contributed by atoms with Crippen molar-refractivity contribution < 1.29 is 4.42 Å². The van der Waals surface area contributed by atoms with Gasteiger partial charge in [-0.1, -0.05) is 30.3 Å². The second kappa shape index (κ2) is 6.02. The summed E-state index contributed by atoms with van der Waals surface area (Å²) in [5.74, 6) is 0.972. The maximum Gasteiger partial charge on any atom is 0.194 e. The van der Waals surface area contributed by atoms with Gasteiger partial charge in [0, 0.05) is 23.7 Å². The molecule has 1 aromatic carbocycles. The van der Waals surface area contributed by atoms with Crippen LogP contribution in [-0.2, 0) is 13.1 Å². The highest BCUT2D eigenvalue weighted by Crippen LogP contribution is 2.27. The molecule has 0 unspecified atom stereocenters. The van der Waals surface area contributed by atoms with E-state index >= 15 is 0 Å². The summed E-state index contributed by atoms with van der Waals surface area (Å²) in [6.45, 7) is 1.58. The molecule has 0 bridgehead atoms. The summed E-state index contributed by atoms with van der Waals surface area (Å²) in [4.78, 5) is 8.10. The lowest BCUT2D eigenvalue weighted by molar-refractivity contribution is 0.284. The first-order chi connectivity index (χ1) is 11.3. The minimum atomic E-state index is 0.776. The van der Waals surface area contributed by atoms with Gasteiger partial charge in [0.25, 0.3) is 0 Å². The van der Waals surface area contributed by atoms with E-state index in [9.17, 15) is 0 Å². The van der Waals surface area contributed by atoms with E-state index < -0.39 is 0 Å². The van der Waals surface area contributed by atoms with Gasteiger partial charge < -0.3 is 4.42 Å². The van der Waals surface area contributed by atoms with E-state index in [4.69, 9.17) is 9.40 Å². The largest absolute Gasteiger partial charge is 0.468 e. The third kappa shape index (κ3) is 2.81. The van der Waals surface area contributed by atoms with Crippen molar-refractivity contribution in [1.29, 1.82) is 0 Å². The summed E-state index contributed by atoms with van der Waals surface area (Å²) in [6, 6.07) is 14.3. The maximum atomic E-state index is 5.45. The summed E-state index contributed by atoms with van der Waals surface area (Å²) < 4.78 is 7.63. The summed E-state index contributed by atoms with van der Waals surface area (Å²) in [5, 5.41) is 2.08. The van der Waals surface area contributed by atoms with Crippen LogP contribution in [0.15, 0.2) is 64.7 Å². The van der Waals surface area contributed by atoms with Gasteiger partial charge in [-0.3, -0.25) is 9.30 Å². The number of fused-ring (bicyclic) bond motifs is 1. The molecular weight excluding hydrogens is 306 g/mol. The monoisotopic (exact) mass is 323 g/mol. The van der Waals surface area contributed by atoms with Crippen LogP contribution in [0, 0.1) is 0 Å². The lowest BCUT2D eigenvalue weighted by atomic mass is 10.1. The highest BCUT2D eigenvalue weighted by Gasteiger charge is 2.16. The molecule has 0 radical (unpaired) electrons. The van der Waals surface area contributed by atoms with Gasteiger partial charge in [-0.25, -0.2) is 4.98 Å². The quantitative estimate of drug-likeness (QED) is 0.549. The fourth-order valence-electron chi connectivity index (χ4n) is 2.79. The van der Waals surface area contributed by atoms with E-state index in [0.29, 0.717) is 0 Å². The van der Waals surface area contributed by atoms with Crippen molar-refractivity contribution in [3.8, 4) is 11.3 Å². The van der Waals surface area contributed by atoms with E-state index in [1.165, 1.54) is 5.69 Å². The Morgan fingerprint density at radius 2 is 2.00 bits per heavy atom. The molecule has 4 aromatic rings. The number of thiazole rings is 1. The normalized spacial score (nSPS) is 11.6. The van der Waals surface area contributed by atoms with Gasteiger partial charge in [0.05, 0.1) is 24.2 Å². The Morgan fingerprint density at radius 3 is 2.78 bits per heavy atom. The zero-order chi connectivity index (χ0) is 15.6. The molecule has 0 saturated carbocycles. The van der Waals surface area contributed by atoms with Crippen LogP contribution in [0.1, 0.15) is 11.5 Å². The SMILES string of the molecule is CN(Cc1ccco1)Cc1c(-c2ccccc2)nc2sccn12. The molecule has 0 N–H and O–H groups in total. The summed E-state index contributed by atoms with van der Waals surface area (Å²) in [7, 11) is 2.10. The van der Waals surface area contributed by atoms with E-state index in [1.807, 2.05) is 18.2 Å². The highest BCUT2D eigenvalue weighted by atomic mass is 32.1. The summed E-state index contributed by atoms with van der Waals surface area (Å²) in [5.41, 5.74) is 3.43. The van der Waals surface area contributed by atoms with Gasteiger partial charge in [-0.15, -0.1) is 11.3 Å².